The maximum Gasteiger partial charge on any atom is 0.296 e. The Morgan fingerprint density at radius 3 is 2.71 bits per heavy atom. The highest BCUT2D eigenvalue weighted by atomic mass is 35.5. The van der Waals surface area contributed by atoms with Crippen LogP contribution in [0.25, 0.3) is 5.69 Å². The Kier molecular flexibility index (Phi) is 3.97. The summed E-state index contributed by atoms with van der Waals surface area (Å²) in [6, 6.07) is 7.27. The Bertz CT molecular complexity index is 937. The lowest BCUT2D eigenvalue weighted by molar-refractivity contribution is -0.384. The van der Waals surface area contributed by atoms with Gasteiger partial charge in [0.05, 0.1) is 21.7 Å². The van der Waals surface area contributed by atoms with Crippen molar-refractivity contribution in [2.75, 3.05) is 5.73 Å². The fourth-order valence-corrected chi connectivity index (χ4v) is 2.22. The van der Waals surface area contributed by atoms with Gasteiger partial charge in [-0.1, -0.05) is 11.6 Å². The molecule has 0 unspecified atom stereocenters. The molecule has 0 saturated carbocycles. The number of pyridine rings is 1. The second-order valence-corrected chi connectivity index (χ2v) is 5.31. The third-order valence-electron chi connectivity index (χ3n) is 3.25. The molecule has 0 aliphatic heterocycles. The topological polar surface area (TPSA) is 117 Å². The number of nitrogens with zero attached hydrogens (tertiary/aromatic N) is 4. The summed E-state index contributed by atoms with van der Waals surface area (Å²) in [7, 11) is 0. The van der Waals surface area contributed by atoms with Gasteiger partial charge in [0, 0.05) is 24.1 Å². The highest BCUT2D eigenvalue weighted by Gasteiger charge is 2.19. The van der Waals surface area contributed by atoms with E-state index in [1.54, 1.807) is 6.07 Å². The molecule has 0 atom stereocenters. The van der Waals surface area contributed by atoms with Crippen LogP contribution < -0.4 is 5.73 Å². The van der Waals surface area contributed by atoms with Crippen molar-refractivity contribution in [3.05, 3.63) is 75.3 Å². The van der Waals surface area contributed by atoms with Crippen LogP contribution >= 0.6 is 11.6 Å². The van der Waals surface area contributed by atoms with Gasteiger partial charge in [0.15, 0.2) is 0 Å². The first-order valence-corrected chi connectivity index (χ1v) is 7.09. The number of nitrogens with two attached hydrogens (primary N) is 1. The average molecular weight is 344 g/mol. The minimum Gasteiger partial charge on any atom is -0.399 e. The molecule has 2 aromatic heterocycles. The van der Waals surface area contributed by atoms with Crippen molar-refractivity contribution >= 4 is 28.8 Å². The maximum atomic E-state index is 12.4. The van der Waals surface area contributed by atoms with Gasteiger partial charge in [-0.2, -0.15) is 5.10 Å². The number of ketones is 1. The van der Waals surface area contributed by atoms with Crippen LogP contribution in [-0.4, -0.2) is 25.5 Å². The molecule has 120 valence electrons. The minimum absolute atomic E-state index is 0.200. The standard InChI is InChI=1S/C15H10ClN5O3/c16-10-1-3-12(18-7-10)15(22)9-6-19-20(8-9)13-4-2-11(17)5-14(13)21(23)24/h1-8H,17H2. The van der Waals surface area contributed by atoms with E-state index in [1.165, 1.54) is 47.5 Å². The van der Waals surface area contributed by atoms with Crippen molar-refractivity contribution in [2.24, 2.45) is 0 Å². The van der Waals surface area contributed by atoms with E-state index < -0.39 is 4.92 Å². The first kappa shape index (κ1) is 15.6. The molecular formula is C15H10ClN5O3. The third-order valence-corrected chi connectivity index (χ3v) is 3.47. The quantitative estimate of drug-likeness (QED) is 0.337. The number of nitro groups is 1. The number of nitro benzene ring substituents is 1. The van der Waals surface area contributed by atoms with E-state index in [9.17, 15) is 14.9 Å². The number of benzene rings is 1. The molecule has 2 N–H and O–H groups in total. The van der Waals surface area contributed by atoms with Gasteiger partial charge >= 0.3 is 0 Å². The first-order valence-electron chi connectivity index (χ1n) is 6.71. The summed E-state index contributed by atoms with van der Waals surface area (Å²) >= 11 is 5.74. The van der Waals surface area contributed by atoms with Crippen LogP contribution in [0, 0.1) is 10.1 Å². The number of anilines is 1. The largest absolute Gasteiger partial charge is 0.399 e. The summed E-state index contributed by atoms with van der Waals surface area (Å²) in [5.74, 6) is -0.365. The molecular weight excluding hydrogens is 334 g/mol. The van der Waals surface area contributed by atoms with Gasteiger partial charge < -0.3 is 5.73 Å². The average Bonchev–Trinajstić information content (AvgIpc) is 3.04. The molecule has 3 aromatic rings. The van der Waals surface area contributed by atoms with E-state index >= 15 is 0 Å². The van der Waals surface area contributed by atoms with Crippen LogP contribution in [0.5, 0.6) is 0 Å². The predicted octanol–water partition coefficient (Wildman–Crippen LogP) is 2.64. The Hall–Kier alpha value is -3.26. The molecule has 0 saturated heterocycles. The summed E-state index contributed by atoms with van der Waals surface area (Å²) in [6.45, 7) is 0. The number of carbonyl (C=O) groups excluding carboxylic acids is 1. The zero-order chi connectivity index (χ0) is 17.3. The summed E-state index contributed by atoms with van der Waals surface area (Å²) in [6.07, 6.45) is 4.08. The molecule has 0 bridgehead atoms. The van der Waals surface area contributed by atoms with Gasteiger partial charge in [-0.3, -0.25) is 19.9 Å². The highest BCUT2D eigenvalue weighted by molar-refractivity contribution is 6.30. The zero-order valence-electron chi connectivity index (χ0n) is 12.1. The second-order valence-electron chi connectivity index (χ2n) is 4.87. The fraction of sp³-hybridized carbons (Fsp3) is 0. The number of hydrogen-bond acceptors (Lipinski definition) is 6. The monoisotopic (exact) mass is 343 g/mol. The minimum atomic E-state index is -0.560. The molecule has 0 aliphatic carbocycles. The van der Waals surface area contributed by atoms with Crippen molar-refractivity contribution in [3.8, 4) is 5.69 Å². The van der Waals surface area contributed by atoms with Crippen molar-refractivity contribution in [3.63, 3.8) is 0 Å². The normalized spacial score (nSPS) is 10.5. The van der Waals surface area contributed by atoms with E-state index in [0.29, 0.717) is 5.02 Å². The molecule has 0 fully saturated rings. The Morgan fingerprint density at radius 2 is 2.04 bits per heavy atom. The van der Waals surface area contributed by atoms with Gasteiger partial charge in [-0.25, -0.2) is 4.68 Å². The summed E-state index contributed by atoms with van der Waals surface area (Å²) in [5, 5.41) is 15.6. The molecule has 0 radical (unpaired) electrons. The second kappa shape index (κ2) is 6.09. The van der Waals surface area contributed by atoms with Gasteiger partial charge in [0.1, 0.15) is 11.4 Å². The lowest BCUT2D eigenvalue weighted by atomic mass is 10.1. The van der Waals surface area contributed by atoms with E-state index in [-0.39, 0.29) is 34.1 Å². The molecule has 2 heterocycles. The molecule has 0 spiro atoms. The van der Waals surface area contributed by atoms with Crippen molar-refractivity contribution in [1.29, 1.82) is 0 Å². The summed E-state index contributed by atoms with van der Waals surface area (Å²) < 4.78 is 1.25. The molecule has 24 heavy (non-hydrogen) atoms. The molecule has 0 amide bonds. The Morgan fingerprint density at radius 1 is 1.25 bits per heavy atom. The van der Waals surface area contributed by atoms with Crippen LogP contribution in [0.2, 0.25) is 5.02 Å². The van der Waals surface area contributed by atoms with E-state index in [1.807, 2.05) is 0 Å². The summed E-state index contributed by atoms with van der Waals surface area (Å²) in [5.41, 5.74) is 6.29. The van der Waals surface area contributed by atoms with E-state index in [4.69, 9.17) is 17.3 Å². The lowest BCUT2D eigenvalue weighted by Crippen LogP contribution is -2.03. The van der Waals surface area contributed by atoms with Crippen molar-refractivity contribution < 1.29 is 9.72 Å². The molecule has 1 aromatic carbocycles. The van der Waals surface area contributed by atoms with Gasteiger partial charge in [0.2, 0.25) is 5.78 Å². The van der Waals surface area contributed by atoms with Gasteiger partial charge in [0.25, 0.3) is 5.69 Å². The number of hydrogen-bond donors (Lipinski definition) is 1. The van der Waals surface area contributed by atoms with Crippen LogP contribution in [0.4, 0.5) is 11.4 Å². The maximum absolute atomic E-state index is 12.4. The smallest absolute Gasteiger partial charge is 0.296 e. The van der Waals surface area contributed by atoms with E-state index in [0.717, 1.165) is 0 Å². The Balaban J connectivity index is 1.98. The number of nitrogen functional groups attached to an aromatic ring is 1. The Labute approximate surface area is 140 Å². The fourth-order valence-electron chi connectivity index (χ4n) is 2.11. The third kappa shape index (κ3) is 2.95. The highest BCUT2D eigenvalue weighted by Crippen LogP contribution is 2.25. The van der Waals surface area contributed by atoms with Crippen molar-refractivity contribution in [1.82, 2.24) is 14.8 Å². The molecule has 0 aliphatic rings. The van der Waals surface area contributed by atoms with Crippen LogP contribution in [-0.2, 0) is 0 Å². The van der Waals surface area contributed by atoms with Crippen LogP contribution in [0.15, 0.2) is 48.9 Å². The predicted molar refractivity (Wildman–Crippen MR) is 87.3 cm³/mol. The molecule has 9 heteroatoms. The number of aromatic nitrogens is 3. The van der Waals surface area contributed by atoms with E-state index in [2.05, 4.69) is 10.1 Å². The van der Waals surface area contributed by atoms with Crippen LogP contribution in [0.3, 0.4) is 0 Å². The zero-order valence-corrected chi connectivity index (χ0v) is 12.8. The molecule has 3 rings (SSSR count). The first-order chi connectivity index (χ1) is 11.5. The van der Waals surface area contributed by atoms with Gasteiger partial charge in [-0.05, 0) is 24.3 Å². The number of halogens is 1. The number of rotatable bonds is 4. The molecule has 8 nitrogen and oxygen atoms in total. The van der Waals surface area contributed by atoms with Crippen LogP contribution in [0.1, 0.15) is 16.1 Å². The van der Waals surface area contributed by atoms with Gasteiger partial charge in [-0.15, -0.1) is 0 Å². The van der Waals surface area contributed by atoms with Crippen molar-refractivity contribution in [2.45, 2.75) is 0 Å². The SMILES string of the molecule is Nc1ccc(-n2cc(C(=O)c3ccc(Cl)cn3)cn2)c([N+](=O)[O-])c1. The number of carbonyl (C=O) groups is 1. The lowest BCUT2D eigenvalue weighted by Gasteiger charge is -2.03. The summed E-state index contributed by atoms with van der Waals surface area (Å²) in [4.78, 5) is 26.9.